The lowest BCUT2D eigenvalue weighted by Crippen LogP contribution is -2.44. The SMILES string of the molecule is C[C@@H](CCN1CCC[C@@H](Cc2ccc(F)cc2)C1)NC(=O)Nc1cccc(-c2nnnn2C)c1.C[C@H](CC(=O)N1CCC[C@@H](Cc2ccc(F)cc2)C1)NC(=O)Nc1cccc(-c2nnnn2C)c1. The van der Waals surface area contributed by atoms with Crippen molar-refractivity contribution < 1.29 is 23.2 Å². The first-order valence-corrected chi connectivity index (χ1v) is 23.6. The smallest absolute Gasteiger partial charge is 0.319 e. The molecular formula is C50H62F2N14O3. The Bertz CT molecular complexity index is 2610. The topological polar surface area (TPSA) is 193 Å². The van der Waals surface area contributed by atoms with E-state index < -0.39 is 0 Å². The minimum atomic E-state index is -0.383. The second-order valence-electron chi connectivity index (χ2n) is 18.2. The molecule has 0 unspecified atom stereocenters. The number of rotatable bonds is 15. The Labute approximate surface area is 401 Å². The molecule has 2 aliphatic heterocycles. The maximum atomic E-state index is 13.2. The van der Waals surface area contributed by atoms with Gasteiger partial charge in [-0.25, -0.2) is 27.7 Å². The third-order valence-corrected chi connectivity index (χ3v) is 12.5. The van der Waals surface area contributed by atoms with Crippen LogP contribution < -0.4 is 21.3 Å². The molecule has 8 rings (SSSR count). The van der Waals surface area contributed by atoms with Crippen LogP contribution in [0.5, 0.6) is 0 Å². The zero-order valence-electron chi connectivity index (χ0n) is 39.7. The van der Waals surface area contributed by atoms with E-state index in [0.29, 0.717) is 41.4 Å². The summed E-state index contributed by atoms with van der Waals surface area (Å²) >= 11 is 0. The van der Waals surface area contributed by atoms with Crippen LogP contribution in [0.4, 0.5) is 29.7 Å². The number of amides is 5. The molecule has 2 saturated heterocycles. The summed E-state index contributed by atoms with van der Waals surface area (Å²) in [5, 5.41) is 34.5. The Morgan fingerprint density at radius 2 is 1.14 bits per heavy atom. The number of anilines is 2. The van der Waals surface area contributed by atoms with Crippen LogP contribution in [-0.2, 0) is 31.7 Å². The number of aryl methyl sites for hydroxylation is 2. The van der Waals surface area contributed by atoms with E-state index >= 15 is 0 Å². The highest BCUT2D eigenvalue weighted by atomic mass is 19.1. The number of nitrogens with one attached hydrogen (secondary N) is 4. The Morgan fingerprint density at radius 3 is 1.65 bits per heavy atom. The molecule has 4 N–H and O–H groups in total. The molecule has 4 aromatic carbocycles. The second-order valence-corrected chi connectivity index (χ2v) is 18.2. The molecule has 2 fully saturated rings. The molecule has 5 amide bonds. The van der Waals surface area contributed by atoms with Crippen LogP contribution in [0.1, 0.15) is 63.5 Å². The van der Waals surface area contributed by atoms with Crippen LogP contribution in [0.25, 0.3) is 22.8 Å². The van der Waals surface area contributed by atoms with Gasteiger partial charge in [-0.05, 0) is 158 Å². The van der Waals surface area contributed by atoms with Crippen LogP contribution in [0.15, 0.2) is 97.1 Å². The summed E-state index contributed by atoms with van der Waals surface area (Å²) in [6.45, 7) is 8.32. The van der Waals surface area contributed by atoms with Gasteiger partial charge in [0.2, 0.25) is 5.91 Å². The molecule has 0 aliphatic carbocycles. The highest BCUT2D eigenvalue weighted by Crippen LogP contribution is 2.25. The Balaban J connectivity index is 0.000000204. The van der Waals surface area contributed by atoms with Gasteiger partial charge in [-0.3, -0.25) is 4.79 Å². The van der Waals surface area contributed by atoms with Crippen molar-refractivity contribution in [1.29, 1.82) is 0 Å². The highest BCUT2D eigenvalue weighted by molar-refractivity contribution is 5.91. The van der Waals surface area contributed by atoms with Crippen molar-refractivity contribution in [3.8, 4) is 22.8 Å². The van der Waals surface area contributed by atoms with Crippen molar-refractivity contribution in [3.63, 3.8) is 0 Å². The van der Waals surface area contributed by atoms with Crippen LogP contribution in [0.3, 0.4) is 0 Å². The first-order chi connectivity index (χ1) is 33.3. The zero-order valence-corrected chi connectivity index (χ0v) is 39.7. The maximum absolute atomic E-state index is 13.2. The average Bonchev–Trinajstić information content (AvgIpc) is 3.97. The fraction of sp³-hybridized carbons (Fsp3) is 0.420. The number of benzene rings is 4. The lowest BCUT2D eigenvalue weighted by Gasteiger charge is -2.33. The number of hydrogen-bond acceptors (Lipinski definition) is 10. The fourth-order valence-corrected chi connectivity index (χ4v) is 8.98. The number of likely N-dealkylation sites (tertiary alicyclic amines) is 2. The van der Waals surface area contributed by atoms with E-state index in [1.54, 1.807) is 47.7 Å². The normalized spacial score (nSPS) is 16.9. The standard InChI is InChI=1S/C25H30FN7O2.C25H32FN7O/c1-17(27-25(35)28-22-7-3-6-20(15-22)24-29-30-31-32(24)2)13-23(34)33-12-4-5-19(16-33)14-18-8-10-21(26)11-9-18;1-18(12-14-33-13-4-5-20(17-33)15-19-8-10-22(26)11-9-19)27-25(34)28-23-7-3-6-21(16-23)24-29-30-31-32(24)2/h3,6-11,15,17,19H,4-5,12-14,16H2,1-2H3,(H2,27,28,35);3,6-11,16,18,20H,4-5,12-15,17H2,1-2H3,(H2,27,28,34)/t17-,19+;18-,20-/m10/s1. The van der Waals surface area contributed by atoms with Crippen LogP contribution in [0, 0.1) is 23.5 Å². The van der Waals surface area contributed by atoms with E-state index in [1.165, 1.54) is 42.7 Å². The van der Waals surface area contributed by atoms with Crippen LogP contribution >= 0.6 is 0 Å². The molecular weight excluding hydrogens is 883 g/mol. The molecule has 69 heavy (non-hydrogen) atoms. The van der Waals surface area contributed by atoms with Crippen molar-refractivity contribution in [1.82, 2.24) is 60.8 Å². The van der Waals surface area contributed by atoms with E-state index in [-0.39, 0.29) is 48.1 Å². The Morgan fingerprint density at radius 1 is 0.652 bits per heavy atom. The van der Waals surface area contributed by atoms with E-state index in [4.69, 9.17) is 0 Å². The number of tetrazole rings is 2. The van der Waals surface area contributed by atoms with Gasteiger partial charge in [0.25, 0.3) is 0 Å². The van der Waals surface area contributed by atoms with Crippen molar-refractivity contribution in [3.05, 3.63) is 120 Å². The van der Waals surface area contributed by atoms with Gasteiger partial charge in [-0.2, -0.15) is 0 Å². The average molecular weight is 945 g/mol. The van der Waals surface area contributed by atoms with Gasteiger partial charge in [0, 0.05) is 81.3 Å². The van der Waals surface area contributed by atoms with E-state index in [0.717, 1.165) is 75.0 Å². The van der Waals surface area contributed by atoms with Gasteiger partial charge in [0.15, 0.2) is 11.6 Å². The largest absolute Gasteiger partial charge is 0.342 e. The van der Waals surface area contributed by atoms with Crippen molar-refractivity contribution in [2.24, 2.45) is 25.9 Å². The number of carbonyl (C=O) groups excluding carboxylic acids is 3. The molecule has 19 heteroatoms. The van der Waals surface area contributed by atoms with Gasteiger partial charge in [-0.15, -0.1) is 10.2 Å². The minimum Gasteiger partial charge on any atom is -0.342 e. The minimum absolute atomic E-state index is 0.0263. The van der Waals surface area contributed by atoms with Gasteiger partial charge in [-0.1, -0.05) is 48.5 Å². The molecule has 2 aromatic heterocycles. The molecule has 0 spiro atoms. The van der Waals surface area contributed by atoms with Crippen molar-refractivity contribution in [2.45, 2.75) is 77.3 Å². The second kappa shape index (κ2) is 24.2. The Hall–Kier alpha value is -7.15. The summed E-state index contributed by atoms with van der Waals surface area (Å²) in [6.07, 6.45) is 7.26. The summed E-state index contributed by atoms with van der Waals surface area (Å²) in [5.41, 5.74) is 5.17. The predicted octanol–water partition coefficient (Wildman–Crippen LogP) is 7.27. The first kappa shape index (κ1) is 49.7. The summed E-state index contributed by atoms with van der Waals surface area (Å²) in [5.74, 6) is 1.76. The molecule has 4 atom stereocenters. The number of carbonyl (C=O) groups is 3. The number of hydrogen-bond donors (Lipinski definition) is 4. The number of halogens is 2. The lowest BCUT2D eigenvalue weighted by molar-refractivity contribution is -0.133. The molecule has 364 valence electrons. The zero-order chi connectivity index (χ0) is 48.7. The molecule has 0 saturated carbocycles. The van der Waals surface area contributed by atoms with Crippen molar-refractivity contribution in [2.75, 3.05) is 43.4 Å². The van der Waals surface area contributed by atoms with Crippen LogP contribution in [0.2, 0.25) is 0 Å². The fourth-order valence-electron chi connectivity index (χ4n) is 8.98. The highest BCUT2D eigenvalue weighted by Gasteiger charge is 2.26. The maximum Gasteiger partial charge on any atom is 0.319 e. The summed E-state index contributed by atoms with van der Waals surface area (Å²) < 4.78 is 29.5. The van der Waals surface area contributed by atoms with Crippen molar-refractivity contribution >= 4 is 29.3 Å². The molecule has 0 radical (unpaired) electrons. The van der Waals surface area contributed by atoms with Gasteiger partial charge in [0.1, 0.15) is 11.6 Å². The van der Waals surface area contributed by atoms with E-state index in [9.17, 15) is 23.2 Å². The monoisotopic (exact) mass is 945 g/mol. The summed E-state index contributed by atoms with van der Waals surface area (Å²) in [7, 11) is 3.52. The van der Waals surface area contributed by atoms with Gasteiger partial charge >= 0.3 is 12.1 Å². The summed E-state index contributed by atoms with van der Waals surface area (Å²) in [6, 6.07) is 27.2. The third-order valence-electron chi connectivity index (χ3n) is 12.5. The number of aromatic nitrogens is 8. The lowest BCUT2D eigenvalue weighted by atomic mass is 9.91. The molecule has 17 nitrogen and oxygen atoms in total. The third kappa shape index (κ3) is 15.2. The summed E-state index contributed by atoms with van der Waals surface area (Å²) in [4.78, 5) is 42.3. The predicted molar refractivity (Wildman–Crippen MR) is 260 cm³/mol. The first-order valence-electron chi connectivity index (χ1n) is 23.6. The quantitative estimate of drug-likeness (QED) is 0.0814. The molecule has 6 aromatic rings. The van der Waals surface area contributed by atoms with Gasteiger partial charge < -0.3 is 31.1 Å². The van der Waals surface area contributed by atoms with E-state index in [2.05, 4.69) is 57.2 Å². The molecule has 2 aliphatic rings. The van der Waals surface area contributed by atoms with Crippen LogP contribution in [-0.4, -0.2) is 113 Å². The molecule has 0 bridgehead atoms. The Kier molecular flexibility index (Phi) is 17.5. The number of urea groups is 2. The molecule has 4 heterocycles. The number of piperidine rings is 2. The van der Waals surface area contributed by atoms with Gasteiger partial charge in [0.05, 0.1) is 0 Å². The number of nitrogens with zero attached hydrogens (tertiary/aromatic N) is 10. The van der Waals surface area contributed by atoms with E-state index in [1.807, 2.05) is 67.3 Å².